The Balaban J connectivity index is 2.03. The van der Waals surface area contributed by atoms with E-state index in [1.165, 1.54) is 58.3 Å². The van der Waals surface area contributed by atoms with Crippen LogP contribution in [-0.2, 0) is 0 Å². The first kappa shape index (κ1) is 15.7. The van der Waals surface area contributed by atoms with Gasteiger partial charge in [-0.05, 0) is 70.6 Å². The van der Waals surface area contributed by atoms with Gasteiger partial charge in [0.1, 0.15) is 0 Å². The summed E-state index contributed by atoms with van der Waals surface area (Å²) in [5, 5.41) is 3.26. The maximum Gasteiger partial charge on any atom is 0.00159 e. The average Bonchev–Trinajstić information content (AvgIpc) is 2.37. The molecule has 1 heterocycles. The highest BCUT2D eigenvalue weighted by Gasteiger charge is 2.17. The highest BCUT2D eigenvalue weighted by Crippen LogP contribution is 2.20. The Bertz CT molecular complexity index is 215. The van der Waals surface area contributed by atoms with Gasteiger partial charge in [0.15, 0.2) is 0 Å². The fraction of sp³-hybridized carbons (Fsp3) is 0.875. The van der Waals surface area contributed by atoms with Crippen LogP contribution in [0.15, 0.2) is 12.2 Å². The van der Waals surface area contributed by atoms with Gasteiger partial charge < -0.3 is 10.2 Å². The van der Waals surface area contributed by atoms with E-state index in [1.807, 2.05) is 0 Å². The Morgan fingerprint density at radius 3 is 2.56 bits per heavy atom. The van der Waals surface area contributed by atoms with Crippen LogP contribution in [0.25, 0.3) is 0 Å². The number of nitrogens with zero attached hydrogens (tertiary/aromatic N) is 1. The molecule has 0 amide bonds. The minimum Gasteiger partial charge on any atom is -0.320 e. The summed E-state index contributed by atoms with van der Waals surface area (Å²) in [6.07, 6.45) is 11.3. The van der Waals surface area contributed by atoms with Gasteiger partial charge in [-0.25, -0.2) is 0 Å². The monoisotopic (exact) mass is 252 g/mol. The maximum absolute atomic E-state index is 3.26. The van der Waals surface area contributed by atoms with Crippen LogP contribution in [0.2, 0.25) is 0 Å². The van der Waals surface area contributed by atoms with Crippen LogP contribution in [0.4, 0.5) is 0 Å². The molecule has 0 saturated carbocycles. The summed E-state index contributed by atoms with van der Waals surface area (Å²) in [5.41, 5.74) is 0. The second-order valence-electron chi connectivity index (χ2n) is 6.07. The first-order valence-electron chi connectivity index (χ1n) is 7.74. The van der Waals surface area contributed by atoms with Crippen LogP contribution >= 0.6 is 0 Å². The normalized spacial score (nSPS) is 19.1. The molecule has 0 spiro atoms. The fourth-order valence-electron chi connectivity index (χ4n) is 2.59. The predicted molar refractivity (Wildman–Crippen MR) is 80.9 cm³/mol. The Morgan fingerprint density at radius 2 is 1.94 bits per heavy atom. The summed E-state index contributed by atoms with van der Waals surface area (Å²) in [6, 6.07) is 0. The number of piperidine rings is 1. The van der Waals surface area contributed by atoms with E-state index < -0.39 is 0 Å². The number of likely N-dealkylation sites (tertiary alicyclic amines) is 1. The van der Waals surface area contributed by atoms with Crippen molar-refractivity contribution in [1.82, 2.24) is 10.2 Å². The number of nitrogens with one attached hydrogen (secondary N) is 1. The van der Waals surface area contributed by atoms with Gasteiger partial charge in [-0.3, -0.25) is 0 Å². The summed E-state index contributed by atoms with van der Waals surface area (Å²) in [5.74, 6) is 1.76. The molecule has 0 aromatic rings. The van der Waals surface area contributed by atoms with E-state index in [9.17, 15) is 0 Å². The Labute approximate surface area is 114 Å². The van der Waals surface area contributed by atoms with Crippen molar-refractivity contribution in [2.75, 3.05) is 33.2 Å². The van der Waals surface area contributed by atoms with Crippen molar-refractivity contribution >= 4 is 0 Å². The van der Waals surface area contributed by atoms with E-state index in [0.29, 0.717) is 0 Å². The molecular weight excluding hydrogens is 220 g/mol. The minimum absolute atomic E-state index is 0.796. The first-order valence-corrected chi connectivity index (χ1v) is 7.74. The number of allylic oxidation sites excluding steroid dienone is 1. The van der Waals surface area contributed by atoms with Crippen LogP contribution in [0.5, 0.6) is 0 Å². The zero-order chi connectivity index (χ0) is 13.2. The van der Waals surface area contributed by atoms with Gasteiger partial charge in [0.25, 0.3) is 0 Å². The van der Waals surface area contributed by atoms with Gasteiger partial charge >= 0.3 is 0 Å². The molecule has 0 radical (unpaired) electrons. The van der Waals surface area contributed by atoms with Crippen molar-refractivity contribution in [3.63, 3.8) is 0 Å². The molecule has 0 aliphatic carbocycles. The number of hydrogen-bond donors (Lipinski definition) is 1. The van der Waals surface area contributed by atoms with Crippen LogP contribution in [0, 0.1) is 11.8 Å². The van der Waals surface area contributed by atoms with Crippen LogP contribution in [0.1, 0.15) is 46.0 Å². The first-order chi connectivity index (χ1) is 8.72. The Kier molecular flexibility index (Phi) is 8.36. The van der Waals surface area contributed by atoms with E-state index in [0.717, 1.165) is 11.8 Å². The van der Waals surface area contributed by atoms with Gasteiger partial charge in [0.2, 0.25) is 0 Å². The lowest BCUT2D eigenvalue weighted by Gasteiger charge is -2.31. The SMILES string of the molecule is CNCCC1CCN(CC/C=C\CC(C)C)CC1. The molecule has 0 atom stereocenters. The highest BCUT2D eigenvalue weighted by atomic mass is 15.1. The third-order valence-corrected chi connectivity index (χ3v) is 3.90. The topological polar surface area (TPSA) is 15.3 Å². The van der Waals surface area contributed by atoms with Crippen molar-refractivity contribution < 1.29 is 0 Å². The molecule has 0 unspecified atom stereocenters. The standard InChI is InChI=1S/C16H32N2/c1-15(2)7-5-4-6-12-18-13-9-16(10-14-18)8-11-17-3/h4-5,15-17H,6-14H2,1-3H3/b5-4-. The van der Waals surface area contributed by atoms with E-state index in [4.69, 9.17) is 0 Å². The molecule has 1 N–H and O–H groups in total. The van der Waals surface area contributed by atoms with Crippen molar-refractivity contribution in [2.45, 2.75) is 46.0 Å². The Hall–Kier alpha value is -0.340. The average molecular weight is 252 g/mol. The molecule has 1 fully saturated rings. The highest BCUT2D eigenvalue weighted by molar-refractivity contribution is 4.84. The zero-order valence-electron chi connectivity index (χ0n) is 12.6. The van der Waals surface area contributed by atoms with Crippen LogP contribution < -0.4 is 5.32 Å². The molecule has 2 heteroatoms. The smallest absolute Gasteiger partial charge is 0.00159 e. The van der Waals surface area contributed by atoms with Gasteiger partial charge in [-0.1, -0.05) is 26.0 Å². The molecule has 2 nitrogen and oxygen atoms in total. The fourth-order valence-corrected chi connectivity index (χ4v) is 2.59. The maximum atomic E-state index is 3.26. The lowest BCUT2D eigenvalue weighted by atomic mass is 9.93. The molecule has 0 bridgehead atoms. The molecule has 1 aliphatic heterocycles. The summed E-state index contributed by atoms with van der Waals surface area (Å²) < 4.78 is 0. The van der Waals surface area contributed by atoms with Crippen molar-refractivity contribution in [1.29, 1.82) is 0 Å². The van der Waals surface area contributed by atoms with Gasteiger partial charge in [-0.15, -0.1) is 0 Å². The Morgan fingerprint density at radius 1 is 1.22 bits per heavy atom. The summed E-state index contributed by atoms with van der Waals surface area (Å²) in [7, 11) is 2.05. The van der Waals surface area contributed by atoms with Crippen molar-refractivity contribution in [3.8, 4) is 0 Å². The third-order valence-electron chi connectivity index (χ3n) is 3.90. The molecule has 1 rings (SSSR count). The molecular formula is C16H32N2. The summed E-state index contributed by atoms with van der Waals surface area (Å²) >= 11 is 0. The summed E-state index contributed by atoms with van der Waals surface area (Å²) in [4.78, 5) is 2.63. The molecule has 0 aromatic heterocycles. The molecule has 18 heavy (non-hydrogen) atoms. The third kappa shape index (κ3) is 7.17. The molecule has 0 aromatic carbocycles. The van der Waals surface area contributed by atoms with Crippen LogP contribution in [0.3, 0.4) is 0 Å². The van der Waals surface area contributed by atoms with E-state index in [-0.39, 0.29) is 0 Å². The molecule has 1 saturated heterocycles. The number of hydrogen-bond acceptors (Lipinski definition) is 2. The van der Waals surface area contributed by atoms with Crippen LogP contribution in [-0.4, -0.2) is 38.1 Å². The molecule has 1 aliphatic rings. The minimum atomic E-state index is 0.796. The summed E-state index contributed by atoms with van der Waals surface area (Å²) in [6.45, 7) is 9.62. The second kappa shape index (κ2) is 9.57. The van der Waals surface area contributed by atoms with Gasteiger partial charge in [-0.2, -0.15) is 0 Å². The largest absolute Gasteiger partial charge is 0.320 e. The van der Waals surface area contributed by atoms with E-state index >= 15 is 0 Å². The predicted octanol–water partition coefficient (Wildman–Crippen LogP) is 3.30. The lowest BCUT2D eigenvalue weighted by molar-refractivity contribution is 0.182. The lowest BCUT2D eigenvalue weighted by Crippen LogP contribution is -2.35. The quantitative estimate of drug-likeness (QED) is 0.667. The number of rotatable bonds is 8. The van der Waals surface area contributed by atoms with Crippen molar-refractivity contribution in [3.05, 3.63) is 12.2 Å². The second-order valence-corrected chi connectivity index (χ2v) is 6.07. The van der Waals surface area contributed by atoms with E-state index in [1.54, 1.807) is 0 Å². The molecule has 106 valence electrons. The zero-order valence-corrected chi connectivity index (χ0v) is 12.6. The van der Waals surface area contributed by atoms with Gasteiger partial charge in [0.05, 0.1) is 0 Å². The van der Waals surface area contributed by atoms with Gasteiger partial charge in [0, 0.05) is 6.54 Å². The van der Waals surface area contributed by atoms with E-state index in [2.05, 4.69) is 43.3 Å². The van der Waals surface area contributed by atoms with Crippen molar-refractivity contribution in [2.24, 2.45) is 11.8 Å².